The lowest BCUT2D eigenvalue weighted by Crippen LogP contribution is -2.06. The van der Waals surface area contributed by atoms with Crippen molar-refractivity contribution in [3.63, 3.8) is 0 Å². The number of ether oxygens (including phenoxy) is 3. The summed E-state index contributed by atoms with van der Waals surface area (Å²) in [4.78, 5) is 27.5. The Kier molecular flexibility index (Phi) is 5.48. The maximum atomic E-state index is 12.1. The molecule has 6 nitrogen and oxygen atoms in total. The third-order valence-corrected chi connectivity index (χ3v) is 4.37. The molecule has 0 saturated heterocycles. The number of benzene rings is 2. The first-order valence-corrected chi connectivity index (χ1v) is 8.48. The fourth-order valence-electron chi connectivity index (χ4n) is 2.36. The van der Waals surface area contributed by atoms with Crippen molar-refractivity contribution >= 4 is 47.1 Å². The number of methoxy groups -OCH3 is 1. The van der Waals surface area contributed by atoms with Gasteiger partial charge in [-0.15, -0.1) is 0 Å². The van der Waals surface area contributed by atoms with Gasteiger partial charge in [0.05, 0.1) is 22.7 Å². The molecule has 0 unspecified atom stereocenters. The molecule has 2 aromatic rings. The highest BCUT2D eigenvalue weighted by atomic mass is 35.5. The number of cyclic esters (lactones) is 1. The van der Waals surface area contributed by atoms with E-state index >= 15 is 0 Å². The van der Waals surface area contributed by atoms with Gasteiger partial charge >= 0.3 is 11.9 Å². The van der Waals surface area contributed by atoms with Crippen LogP contribution in [0.1, 0.15) is 18.1 Å². The number of halogens is 2. The summed E-state index contributed by atoms with van der Waals surface area (Å²) in [6, 6.07) is 9.78. The Bertz CT molecular complexity index is 998. The van der Waals surface area contributed by atoms with Crippen LogP contribution in [-0.4, -0.2) is 24.9 Å². The molecule has 0 saturated carbocycles. The molecule has 1 aliphatic rings. The average Bonchev–Trinajstić information content (AvgIpc) is 2.98. The van der Waals surface area contributed by atoms with Crippen molar-refractivity contribution in [2.75, 3.05) is 7.11 Å². The molecule has 0 N–H and O–H groups in total. The largest absolute Gasteiger partial charge is 0.493 e. The fourth-order valence-corrected chi connectivity index (χ4v) is 2.75. The van der Waals surface area contributed by atoms with E-state index in [4.69, 9.17) is 37.4 Å². The number of carbonyl (C=O) groups excluding carboxylic acids is 2. The molecule has 0 amide bonds. The Hall–Kier alpha value is -2.83. The van der Waals surface area contributed by atoms with Crippen LogP contribution < -0.4 is 9.47 Å². The van der Waals surface area contributed by atoms with Crippen molar-refractivity contribution in [2.24, 2.45) is 4.99 Å². The standard InChI is InChI=1S/C19H13Cl2NO5/c1-10(23)26-15-7-6-11(9-16(15)25-2)8-14-19(24)27-18(22-14)12-4-3-5-13(20)17(12)21/h3-9H,1-2H3. The molecule has 2 aromatic carbocycles. The third-order valence-electron chi connectivity index (χ3n) is 3.55. The van der Waals surface area contributed by atoms with Gasteiger partial charge in [-0.05, 0) is 35.9 Å². The maximum Gasteiger partial charge on any atom is 0.363 e. The molecule has 0 atom stereocenters. The van der Waals surface area contributed by atoms with E-state index in [0.29, 0.717) is 21.9 Å². The van der Waals surface area contributed by atoms with E-state index in [2.05, 4.69) is 4.99 Å². The Morgan fingerprint density at radius 2 is 1.96 bits per heavy atom. The van der Waals surface area contributed by atoms with Crippen LogP contribution in [0.4, 0.5) is 0 Å². The Morgan fingerprint density at radius 3 is 2.67 bits per heavy atom. The van der Waals surface area contributed by atoms with Crippen molar-refractivity contribution in [1.82, 2.24) is 0 Å². The molecule has 8 heteroatoms. The average molecular weight is 406 g/mol. The topological polar surface area (TPSA) is 74.2 Å². The minimum atomic E-state index is -0.621. The smallest absolute Gasteiger partial charge is 0.363 e. The van der Waals surface area contributed by atoms with Crippen LogP contribution in [0, 0.1) is 0 Å². The van der Waals surface area contributed by atoms with E-state index in [9.17, 15) is 9.59 Å². The lowest BCUT2D eigenvalue weighted by molar-refractivity contribution is -0.132. The van der Waals surface area contributed by atoms with E-state index in [0.717, 1.165) is 0 Å². The van der Waals surface area contributed by atoms with Gasteiger partial charge in [0.2, 0.25) is 5.90 Å². The molecule has 0 fully saturated rings. The number of esters is 2. The molecular formula is C19H13Cl2NO5. The summed E-state index contributed by atoms with van der Waals surface area (Å²) in [5.41, 5.74) is 1.11. The summed E-state index contributed by atoms with van der Waals surface area (Å²) >= 11 is 12.1. The molecule has 138 valence electrons. The lowest BCUT2D eigenvalue weighted by Gasteiger charge is -2.08. The molecule has 27 heavy (non-hydrogen) atoms. The van der Waals surface area contributed by atoms with Crippen LogP contribution in [0.15, 0.2) is 47.1 Å². The van der Waals surface area contributed by atoms with Crippen LogP contribution in [-0.2, 0) is 14.3 Å². The van der Waals surface area contributed by atoms with Gasteiger partial charge in [0.15, 0.2) is 17.2 Å². The van der Waals surface area contributed by atoms with Gasteiger partial charge in [-0.25, -0.2) is 9.79 Å². The Labute approximate surface area is 165 Å². The summed E-state index contributed by atoms with van der Waals surface area (Å²) < 4.78 is 15.5. The molecule has 1 heterocycles. The first kappa shape index (κ1) is 18.9. The van der Waals surface area contributed by atoms with Crippen molar-refractivity contribution < 1.29 is 23.8 Å². The summed E-state index contributed by atoms with van der Waals surface area (Å²) in [5.74, 6) is -0.401. The number of hydrogen-bond donors (Lipinski definition) is 0. The van der Waals surface area contributed by atoms with Crippen molar-refractivity contribution in [2.45, 2.75) is 6.92 Å². The molecule has 3 rings (SSSR count). The van der Waals surface area contributed by atoms with E-state index < -0.39 is 11.9 Å². The minimum absolute atomic E-state index is 0.0715. The minimum Gasteiger partial charge on any atom is -0.493 e. The number of rotatable bonds is 4. The second-order valence-corrected chi connectivity index (χ2v) is 6.23. The monoisotopic (exact) mass is 405 g/mol. The molecule has 0 aromatic heterocycles. The molecule has 0 aliphatic carbocycles. The summed E-state index contributed by atoms with van der Waals surface area (Å²) in [5, 5.41) is 0.579. The van der Waals surface area contributed by atoms with Gasteiger partial charge in [-0.2, -0.15) is 0 Å². The third kappa shape index (κ3) is 4.13. The summed E-state index contributed by atoms with van der Waals surface area (Å²) in [6.45, 7) is 1.29. The predicted octanol–water partition coefficient (Wildman–Crippen LogP) is 4.27. The van der Waals surface area contributed by atoms with E-state index in [1.54, 1.807) is 36.4 Å². The zero-order valence-electron chi connectivity index (χ0n) is 14.3. The molecule has 0 spiro atoms. The van der Waals surface area contributed by atoms with Crippen molar-refractivity contribution in [3.8, 4) is 11.5 Å². The van der Waals surface area contributed by atoms with Crippen LogP contribution in [0.3, 0.4) is 0 Å². The highest BCUT2D eigenvalue weighted by Gasteiger charge is 2.26. The second-order valence-electron chi connectivity index (χ2n) is 5.44. The molecule has 1 aliphatic heterocycles. The zero-order valence-corrected chi connectivity index (χ0v) is 15.8. The van der Waals surface area contributed by atoms with Crippen molar-refractivity contribution in [1.29, 1.82) is 0 Å². The highest BCUT2D eigenvalue weighted by Crippen LogP contribution is 2.31. The van der Waals surface area contributed by atoms with Crippen molar-refractivity contribution in [3.05, 3.63) is 63.3 Å². The first-order valence-electron chi connectivity index (χ1n) is 7.72. The molecule has 0 bridgehead atoms. The number of hydrogen-bond acceptors (Lipinski definition) is 6. The van der Waals surface area contributed by atoms with Gasteiger partial charge in [-0.3, -0.25) is 4.79 Å². The second kappa shape index (κ2) is 7.82. The van der Waals surface area contributed by atoms with Gasteiger partial charge in [0.25, 0.3) is 0 Å². The Balaban J connectivity index is 1.95. The van der Waals surface area contributed by atoms with Crippen LogP contribution >= 0.6 is 23.2 Å². The van der Waals surface area contributed by atoms with Crippen LogP contribution in [0.5, 0.6) is 11.5 Å². The van der Waals surface area contributed by atoms with Crippen LogP contribution in [0.2, 0.25) is 10.0 Å². The van der Waals surface area contributed by atoms with E-state index in [1.807, 2.05) is 0 Å². The normalized spacial score (nSPS) is 14.7. The quantitative estimate of drug-likeness (QED) is 0.431. The summed E-state index contributed by atoms with van der Waals surface area (Å²) in [7, 11) is 1.44. The SMILES string of the molecule is COc1cc(C=C2N=C(c3cccc(Cl)c3Cl)OC2=O)ccc1OC(C)=O. The number of nitrogens with zero attached hydrogens (tertiary/aromatic N) is 1. The van der Waals surface area contributed by atoms with Gasteiger partial charge in [-0.1, -0.05) is 35.3 Å². The zero-order chi connectivity index (χ0) is 19.6. The summed E-state index contributed by atoms with van der Waals surface area (Å²) in [6.07, 6.45) is 1.52. The predicted molar refractivity (Wildman–Crippen MR) is 101 cm³/mol. The van der Waals surface area contributed by atoms with Gasteiger partial charge in [0.1, 0.15) is 0 Å². The Morgan fingerprint density at radius 1 is 1.19 bits per heavy atom. The fraction of sp³-hybridized carbons (Fsp3) is 0.105. The molecule has 0 radical (unpaired) electrons. The lowest BCUT2D eigenvalue weighted by atomic mass is 10.1. The maximum absolute atomic E-state index is 12.1. The highest BCUT2D eigenvalue weighted by molar-refractivity contribution is 6.44. The number of carbonyl (C=O) groups is 2. The number of aliphatic imine (C=N–C) groups is 1. The van der Waals surface area contributed by atoms with E-state index in [1.165, 1.54) is 20.1 Å². The molecular weight excluding hydrogens is 393 g/mol. The van der Waals surface area contributed by atoms with Crippen LogP contribution in [0.25, 0.3) is 6.08 Å². The first-order chi connectivity index (χ1) is 12.9. The van der Waals surface area contributed by atoms with Gasteiger partial charge < -0.3 is 14.2 Å². The van der Waals surface area contributed by atoms with Gasteiger partial charge in [0, 0.05) is 6.92 Å². The van der Waals surface area contributed by atoms with E-state index in [-0.39, 0.29) is 22.4 Å².